The summed E-state index contributed by atoms with van der Waals surface area (Å²) in [5.74, 6) is -1.32. The molecule has 0 atom stereocenters. The van der Waals surface area contributed by atoms with Crippen molar-refractivity contribution in [2.24, 2.45) is 7.05 Å². The molecule has 3 nitrogen and oxygen atoms in total. The molecule has 0 radical (unpaired) electrons. The molecule has 0 aliphatic rings. The van der Waals surface area contributed by atoms with Crippen LogP contribution in [0.15, 0.2) is 46.9 Å². The van der Waals surface area contributed by atoms with Gasteiger partial charge in [0.2, 0.25) is 11.4 Å². The van der Waals surface area contributed by atoms with E-state index in [4.69, 9.17) is 20.6 Å². The molecule has 0 spiro atoms. The molecule has 0 amide bonds. The fourth-order valence-corrected chi connectivity index (χ4v) is 3.38. The van der Waals surface area contributed by atoms with Gasteiger partial charge in [-0.2, -0.15) is 0 Å². The zero-order chi connectivity index (χ0) is 25.3. The molecule has 0 saturated carbocycles. The second-order valence-electron chi connectivity index (χ2n) is 6.83. The monoisotopic (exact) mass is 362 g/mol. The number of aromatic nitrogens is 1. The Hall–Kier alpha value is -3.12. The lowest BCUT2D eigenvalue weighted by molar-refractivity contribution is -0.660. The third-order valence-electron chi connectivity index (χ3n) is 4.73. The van der Waals surface area contributed by atoms with E-state index in [0.29, 0.717) is 21.9 Å². The van der Waals surface area contributed by atoms with Crippen molar-refractivity contribution in [3.8, 4) is 11.3 Å². The van der Waals surface area contributed by atoms with Crippen LogP contribution >= 0.6 is 0 Å². The Morgan fingerprint density at radius 2 is 2.11 bits per heavy atom. The van der Waals surface area contributed by atoms with Crippen LogP contribution in [0.3, 0.4) is 0 Å². The van der Waals surface area contributed by atoms with Crippen molar-refractivity contribution in [2.45, 2.75) is 33.5 Å². The summed E-state index contributed by atoms with van der Waals surface area (Å²) >= 11 is 0. The maximum absolute atomic E-state index is 8.93. The van der Waals surface area contributed by atoms with Gasteiger partial charge in [-0.3, -0.25) is 0 Å². The van der Waals surface area contributed by atoms with Gasteiger partial charge in [-0.1, -0.05) is 38.1 Å². The lowest BCUT2D eigenvalue weighted by atomic mass is 9.95. The Morgan fingerprint density at radius 1 is 1.30 bits per heavy atom. The van der Waals surface area contributed by atoms with E-state index in [0.717, 1.165) is 0 Å². The minimum atomic E-state index is -2.46. The van der Waals surface area contributed by atoms with E-state index >= 15 is 0 Å². The number of fused-ring (bicyclic) bond motifs is 3. The number of hydrogen-bond donors (Lipinski definition) is 0. The third-order valence-corrected chi connectivity index (χ3v) is 4.73. The van der Waals surface area contributed by atoms with Crippen molar-refractivity contribution in [3.63, 3.8) is 0 Å². The van der Waals surface area contributed by atoms with Gasteiger partial charge in [0.15, 0.2) is 6.17 Å². The van der Waals surface area contributed by atoms with Crippen molar-refractivity contribution in [1.82, 2.24) is 0 Å². The third kappa shape index (κ3) is 2.61. The fourth-order valence-electron chi connectivity index (χ4n) is 3.38. The zero-order valence-electron chi connectivity index (χ0n) is 22.6. The molecule has 0 aliphatic heterocycles. The molecule has 4 aromatic rings. The molecular formula is C24H23N2O+. The number of hydrogen-bond acceptors (Lipinski definition) is 1. The first-order valence-electron chi connectivity index (χ1n) is 12.1. The van der Waals surface area contributed by atoms with E-state index in [9.17, 15) is 0 Å². The Labute approximate surface area is 169 Å². The molecule has 27 heavy (non-hydrogen) atoms. The van der Waals surface area contributed by atoms with E-state index in [1.807, 2.05) is 0 Å². The minimum absolute atomic E-state index is 0.0723. The molecule has 0 aliphatic carbocycles. The lowest BCUT2D eigenvalue weighted by Crippen LogP contribution is -2.31. The Morgan fingerprint density at radius 3 is 2.81 bits per heavy atom. The molecule has 0 unspecified atom stereocenters. The van der Waals surface area contributed by atoms with Gasteiger partial charge in [0.05, 0.1) is 14.9 Å². The van der Waals surface area contributed by atoms with Crippen LogP contribution in [-0.2, 0) is 7.05 Å². The summed E-state index contributed by atoms with van der Waals surface area (Å²) in [5, 5.41) is 0.808. The molecule has 134 valence electrons. The topological polar surface area (TPSA) is 21.4 Å². The van der Waals surface area contributed by atoms with Crippen LogP contribution in [0.25, 0.3) is 38.0 Å². The fraction of sp³-hybridized carbons (Fsp3) is 0.250. The van der Waals surface area contributed by atoms with Gasteiger partial charge in [0, 0.05) is 28.3 Å². The number of furan rings is 1. The van der Waals surface area contributed by atoms with Crippen molar-refractivity contribution < 1.29 is 18.6 Å². The van der Waals surface area contributed by atoms with Gasteiger partial charge < -0.3 is 4.42 Å². The van der Waals surface area contributed by atoms with Crippen LogP contribution in [0.5, 0.6) is 0 Å². The lowest BCUT2D eigenvalue weighted by Gasteiger charge is -2.10. The van der Waals surface area contributed by atoms with E-state index in [1.165, 1.54) is 10.6 Å². The number of para-hydroxylation sites is 1. The predicted molar refractivity (Wildman–Crippen MR) is 110 cm³/mol. The second kappa shape index (κ2) is 6.25. The molecule has 0 bridgehead atoms. The van der Waals surface area contributed by atoms with Gasteiger partial charge in [0.1, 0.15) is 19.6 Å². The van der Waals surface area contributed by atoms with Gasteiger partial charge >= 0.3 is 0 Å². The maximum atomic E-state index is 8.93. The standard InChI is InChI=1S/C24H23N2O/c1-14(2)17-10-11-26(6)20(13-17)22-16(4)12-15(3)21-18-8-7-9-19(25-5)23(18)27-24(21)22/h7-14H,1-4,6H3/q+1/i3D3,10D,11D,13D,14D. The molecule has 2 aromatic heterocycles. The van der Waals surface area contributed by atoms with Gasteiger partial charge in [-0.15, -0.1) is 0 Å². The van der Waals surface area contributed by atoms with Crippen molar-refractivity contribution in [1.29, 1.82) is 0 Å². The summed E-state index contributed by atoms with van der Waals surface area (Å²) < 4.78 is 66.2. The van der Waals surface area contributed by atoms with E-state index < -0.39 is 12.7 Å². The number of nitrogens with zero attached hydrogens (tertiary/aromatic N) is 2. The highest BCUT2D eigenvalue weighted by Crippen LogP contribution is 2.42. The van der Waals surface area contributed by atoms with Crippen LogP contribution in [-0.4, -0.2) is 0 Å². The van der Waals surface area contributed by atoms with E-state index in [2.05, 4.69) is 4.85 Å². The van der Waals surface area contributed by atoms with Crippen LogP contribution < -0.4 is 4.57 Å². The van der Waals surface area contributed by atoms with Crippen LogP contribution in [0, 0.1) is 20.3 Å². The molecule has 3 heteroatoms. The van der Waals surface area contributed by atoms with E-state index in [-0.39, 0.29) is 51.9 Å². The Bertz CT molecular complexity index is 1540. The highest BCUT2D eigenvalue weighted by atomic mass is 16.3. The largest absolute Gasteiger partial charge is 0.466 e. The SMILES string of the molecule is [2H]c1c(C([2H])(C)C)c([2H])c(-c2c(C)cc(C([2H])([2H])[2H])c3c2oc2c([N+]#[C-])cccc23)[n+](C)c1[2H]. The van der Waals surface area contributed by atoms with Gasteiger partial charge in [0.25, 0.3) is 0 Å². The summed E-state index contributed by atoms with van der Waals surface area (Å²) in [4.78, 5) is 3.51. The van der Waals surface area contributed by atoms with Crippen molar-refractivity contribution in [3.05, 3.63) is 70.6 Å². The molecule has 0 saturated heterocycles. The predicted octanol–water partition coefficient (Wildman–Crippen LogP) is 6.37. The number of pyridine rings is 1. The van der Waals surface area contributed by atoms with Gasteiger partial charge in [-0.25, -0.2) is 9.41 Å². The molecule has 2 heterocycles. The second-order valence-corrected chi connectivity index (χ2v) is 6.83. The summed E-state index contributed by atoms with van der Waals surface area (Å²) in [7, 11) is 1.56. The normalized spacial score (nSPS) is 16.0. The minimum Gasteiger partial charge on any atom is -0.466 e. The summed E-state index contributed by atoms with van der Waals surface area (Å²) in [6, 6.07) is 6.19. The molecule has 0 fully saturated rings. The van der Waals surface area contributed by atoms with Gasteiger partial charge in [-0.05, 0) is 36.4 Å². The number of aryl methyl sites for hydroxylation is 2. The molecule has 2 aromatic carbocycles. The Kier molecular flexibility index (Phi) is 2.52. The highest BCUT2D eigenvalue weighted by molar-refractivity contribution is 6.14. The summed E-state index contributed by atoms with van der Waals surface area (Å²) in [6.07, 6.45) is -0.174. The first kappa shape index (κ1) is 10.9. The maximum Gasteiger partial charge on any atom is 0.229 e. The smallest absolute Gasteiger partial charge is 0.229 e. The molecular weight excluding hydrogens is 332 g/mol. The van der Waals surface area contributed by atoms with E-state index in [1.54, 1.807) is 46.0 Å². The van der Waals surface area contributed by atoms with Crippen LogP contribution in [0.1, 0.15) is 46.0 Å². The molecule has 0 N–H and O–H groups in total. The first-order valence-corrected chi connectivity index (χ1v) is 8.57. The van der Waals surface area contributed by atoms with Crippen LogP contribution in [0.2, 0.25) is 0 Å². The van der Waals surface area contributed by atoms with Crippen molar-refractivity contribution >= 4 is 27.6 Å². The molecule has 4 rings (SSSR count). The average molecular weight is 363 g/mol. The Balaban J connectivity index is 2.31. The first-order chi connectivity index (χ1) is 15.7. The van der Waals surface area contributed by atoms with Crippen LogP contribution in [0.4, 0.5) is 5.69 Å². The highest BCUT2D eigenvalue weighted by Gasteiger charge is 2.23. The quantitative estimate of drug-likeness (QED) is 0.300. The zero-order valence-corrected chi connectivity index (χ0v) is 15.6. The van der Waals surface area contributed by atoms with Crippen molar-refractivity contribution in [2.75, 3.05) is 0 Å². The number of rotatable bonds is 2. The summed E-state index contributed by atoms with van der Waals surface area (Å²) in [6.45, 7) is 9.87. The number of benzene rings is 2. The average Bonchev–Trinajstić information content (AvgIpc) is 3.11. The summed E-state index contributed by atoms with van der Waals surface area (Å²) in [5.41, 5.74) is 2.02.